The van der Waals surface area contributed by atoms with Crippen LogP contribution < -0.4 is 11.1 Å². The standard InChI is InChI=1S/C20H32N2O4/c1-5-24-10-11-25-14-15-8-7-9-16(12-15)22-18(23)20(21)13-17(26-6-2)19(20,3)4/h7-9,12,17H,5-6,10-11,13-14,21H2,1-4H3,(H,22,23). The number of nitrogens with two attached hydrogens (primary N) is 1. The summed E-state index contributed by atoms with van der Waals surface area (Å²) in [6, 6.07) is 7.63. The van der Waals surface area contributed by atoms with E-state index in [2.05, 4.69) is 5.32 Å². The first kappa shape index (κ1) is 20.8. The van der Waals surface area contributed by atoms with Gasteiger partial charge in [-0.15, -0.1) is 0 Å². The maximum Gasteiger partial charge on any atom is 0.245 e. The van der Waals surface area contributed by atoms with Crippen molar-refractivity contribution in [2.24, 2.45) is 11.1 Å². The summed E-state index contributed by atoms with van der Waals surface area (Å²) in [5, 5.41) is 2.95. The molecule has 2 unspecified atom stereocenters. The van der Waals surface area contributed by atoms with Crippen molar-refractivity contribution >= 4 is 11.6 Å². The van der Waals surface area contributed by atoms with Crippen molar-refractivity contribution in [2.75, 3.05) is 31.7 Å². The van der Waals surface area contributed by atoms with Crippen LogP contribution in [0.25, 0.3) is 0 Å². The number of anilines is 1. The number of carbonyl (C=O) groups is 1. The number of ether oxygens (including phenoxy) is 3. The van der Waals surface area contributed by atoms with E-state index >= 15 is 0 Å². The molecule has 1 aliphatic carbocycles. The fourth-order valence-electron chi connectivity index (χ4n) is 3.25. The second-order valence-corrected chi connectivity index (χ2v) is 7.25. The van der Waals surface area contributed by atoms with Crippen LogP contribution >= 0.6 is 0 Å². The zero-order valence-electron chi connectivity index (χ0n) is 16.3. The number of hydrogen-bond donors (Lipinski definition) is 2. The molecule has 1 amide bonds. The molecular weight excluding hydrogens is 332 g/mol. The minimum atomic E-state index is -0.934. The van der Waals surface area contributed by atoms with Gasteiger partial charge in [-0.25, -0.2) is 0 Å². The number of benzene rings is 1. The van der Waals surface area contributed by atoms with Crippen LogP contribution in [0.3, 0.4) is 0 Å². The summed E-state index contributed by atoms with van der Waals surface area (Å²) in [5.41, 5.74) is 6.80. The molecule has 1 fully saturated rings. The molecule has 1 saturated carbocycles. The Morgan fingerprint density at radius 2 is 1.96 bits per heavy atom. The van der Waals surface area contributed by atoms with Gasteiger partial charge in [0.2, 0.25) is 5.91 Å². The van der Waals surface area contributed by atoms with E-state index in [0.717, 1.165) is 11.3 Å². The molecule has 26 heavy (non-hydrogen) atoms. The monoisotopic (exact) mass is 364 g/mol. The molecule has 3 N–H and O–H groups in total. The van der Waals surface area contributed by atoms with Crippen molar-refractivity contribution < 1.29 is 19.0 Å². The Morgan fingerprint density at radius 3 is 2.62 bits per heavy atom. The van der Waals surface area contributed by atoms with Crippen LogP contribution in [0.5, 0.6) is 0 Å². The summed E-state index contributed by atoms with van der Waals surface area (Å²) >= 11 is 0. The van der Waals surface area contributed by atoms with Crippen molar-refractivity contribution in [1.82, 2.24) is 0 Å². The molecule has 1 aromatic rings. The zero-order chi connectivity index (χ0) is 19.2. The first-order chi connectivity index (χ1) is 12.3. The second kappa shape index (κ2) is 8.95. The van der Waals surface area contributed by atoms with E-state index in [1.54, 1.807) is 0 Å². The van der Waals surface area contributed by atoms with E-state index in [1.165, 1.54) is 0 Å². The van der Waals surface area contributed by atoms with E-state index in [9.17, 15) is 4.79 Å². The van der Waals surface area contributed by atoms with Crippen LogP contribution in [0.1, 0.15) is 39.7 Å². The number of amides is 1. The molecule has 1 aliphatic rings. The molecule has 1 aromatic carbocycles. The minimum absolute atomic E-state index is 0.00771. The average molecular weight is 364 g/mol. The van der Waals surface area contributed by atoms with E-state index < -0.39 is 11.0 Å². The average Bonchev–Trinajstić information content (AvgIpc) is 2.61. The molecule has 0 radical (unpaired) electrons. The number of carbonyl (C=O) groups excluding carboxylic acids is 1. The van der Waals surface area contributed by atoms with Gasteiger partial charge in [-0.1, -0.05) is 26.0 Å². The van der Waals surface area contributed by atoms with Crippen molar-refractivity contribution in [3.8, 4) is 0 Å². The van der Waals surface area contributed by atoms with Crippen molar-refractivity contribution in [3.05, 3.63) is 29.8 Å². The minimum Gasteiger partial charge on any atom is -0.379 e. The Labute approximate surface area is 156 Å². The Hall–Kier alpha value is -1.47. The lowest BCUT2D eigenvalue weighted by Gasteiger charge is -2.57. The third-order valence-corrected chi connectivity index (χ3v) is 5.26. The molecular formula is C20H32N2O4. The van der Waals surface area contributed by atoms with E-state index in [4.69, 9.17) is 19.9 Å². The summed E-state index contributed by atoms with van der Waals surface area (Å²) < 4.78 is 16.5. The predicted molar refractivity (Wildman–Crippen MR) is 102 cm³/mol. The van der Waals surface area contributed by atoms with E-state index in [-0.39, 0.29) is 12.0 Å². The molecule has 0 saturated heterocycles. The SMILES string of the molecule is CCOCCOCc1cccc(NC(=O)C2(N)CC(OCC)C2(C)C)c1. The number of hydrogen-bond acceptors (Lipinski definition) is 5. The van der Waals surface area contributed by atoms with Crippen LogP contribution in [-0.4, -0.2) is 44.0 Å². The summed E-state index contributed by atoms with van der Waals surface area (Å²) in [6.07, 6.45) is 0.535. The Bertz CT molecular complexity index is 605. The highest BCUT2D eigenvalue weighted by molar-refractivity contribution is 5.99. The summed E-state index contributed by atoms with van der Waals surface area (Å²) in [5.74, 6) is -0.173. The second-order valence-electron chi connectivity index (χ2n) is 7.25. The zero-order valence-corrected chi connectivity index (χ0v) is 16.3. The molecule has 6 nitrogen and oxygen atoms in total. The van der Waals surface area contributed by atoms with Crippen molar-refractivity contribution in [2.45, 2.75) is 52.4 Å². The van der Waals surface area contributed by atoms with Crippen LogP contribution in [0, 0.1) is 5.41 Å². The largest absolute Gasteiger partial charge is 0.379 e. The molecule has 0 aliphatic heterocycles. The van der Waals surface area contributed by atoms with Gasteiger partial charge in [0, 0.05) is 30.7 Å². The maximum atomic E-state index is 12.8. The van der Waals surface area contributed by atoms with Gasteiger partial charge in [-0.05, 0) is 31.5 Å². The topological polar surface area (TPSA) is 82.8 Å². The molecule has 146 valence electrons. The Morgan fingerprint density at radius 1 is 1.23 bits per heavy atom. The highest BCUT2D eigenvalue weighted by atomic mass is 16.5. The molecule has 0 spiro atoms. The van der Waals surface area contributed by atoms with Crippen LogP contribution in [-0.2, 0) is 25.6 Å². The molecule has 2 rings (SSSR count). The van der Waals surface area contributed by atoms with Gasteiger partial charge < -0.3 is 25.3 Å². The third kappa shape index (κ3) is 4.43. The van der Waals surface area contributed by atoms with Gasteiger partial charge in [0.15, 0.2) is 0 Å². The maximum absolute atomic E-state index is 12.8. The first-order valence-electron chi connectivity index (χ1n) is 9.31. The fourth-order valence-corrected chi connectivity index (χ4v) is 3.25. The van der Waals surface area contributed by atoms with E-state index in [1.807, 2.05) is 52.0 Å². The molecule has 0 bridgehead atoms. The van der Waals surface area contributed by atoms with Gasteiger partial charge in [0.25, 0.3) is 0 Å². The quantitative estimate of drug-likeness (QED) is 0.624. The smallest absolute Gasteiger partial charge is 0.245 e. The summed E-state index contributed by atoms with van der Waals surface area (Å²) in [7, 11) is 0. The van der Waals surface area contributed by atoms with Crippen molar-refractivity contribution in [3.63, 3.8) is 0 Å². The van der Waals surface area contributed by atoms with Gasteiger partial charge in [0.1, 0.15) is 5.54 Å². The molecule has 0 aromatic heterocycles. The van der Waals surface area contributed by atoms with Crippen LogP contribution in [0.15, 0.2) is 24.3 Å². The summed E-state index contributed by atoms with van der Waals surface area (Å²) in [4.78, 5) is 12.8. The van der Waals surface area contributed by atoms with Gasteiger partial charge in [-0.2, -0.15) is 0 Å². The normalized spacial score (nSPS) is 24.1. The first-order valence-corrected chi connectivity index (χ1v) is 9.31. The lowest BCUT2D eigenvalue weighted by molar-refractivity contribution is -0.166. The van der Waals surface area contributed by atoms with Crippen LogP contribution in [0.2, 0.25) is 0 Å². The highest BCUT2D eigenvalue weighted by Crippen LogP contribution is 2.50. The molecule has 0 heterocycles. The van der Waals surface area contributed by atoms with Gasteiger partial charge >= 0.3 is 0 Å². The Kier molecular flexibility index (Phi) is 7.17. The van der Waals surface area contributed by atoms with Crippen LogP contribution in [0.4, 0.5) is 5.69 Å². The number of rotatable bonds is 10. The number of nitrogens with one attached hydrogen (secondary N) is 1. The van der Waals surface area contributed by atoms with Gasteiger partial charge in [-0.3, -0.25) is 4.79 Å². The molecule has 2 atom stereocenters. The third-order valence-electron chi connectivity index (χ3n) is 5.26. The van der Waals surface area contributed by atoms with Gasteiger partial charge in [0.05, 0.1) is 25.9 Å². The summed E-state index contributed by atoms with van der Waals surface area (Å²) in [6.45, 7) is 10.8. The van der Waals surface area contributed by atoms with E-state index in [0.29, 0.717) is 39.5 Å². The Balaban J connectivity index is 1.92. The molecule has 6 heteroatoms. The predicted octanol–water partition coefficient (Wildman–Crippen LogP) is 2.71. The fraction of sp³-hybridized carbons (Fsp3) is 0.650. The van der Waals surface area contributed by atoms with Crippen molar-refractivity contribution in [1.29, 1.82) is 0 Å². The lowest BCUT2D eigenvalue weighted by atomic mass is 9.54. The highest BCUT2D eigenvalue weighted by Gasteiger charge is 2.62. The lowest BCUT2D eigenvalue weighted by Crippen LogP contribution is -2.74.